The summed E-state index contributed by atoms with van der Waals surface area (Å²) in [7, 11) is 5.28. The first-order valence-electron chi connectivity index (χ1n) is 19.6. The topological polar surface area (TPSA) is 178 Å². The van der Waals surface area contributed by atoms with Gasteiger partial charge in [0.2, 0.25) is 17.7 Å². The van der Waals surface area contributed by atoms with Crippen molar-refractivity contribution in [3.8, 4) is 22.8 Å². The third-order valence-electron chi connectivity index (χ3n) is 10.3. The molecule has 0 radical (unpaired) electrons. The smallest absolute Gasteiger partial charge is 0.408 e. The molecule has 1 aliphatic carbocycles. The lowest BCUT2D eigenvalue weighted by Gasteiger charge is -2.30. The zero-order chi connectivity index (χ0) is 43.1. The van der Waals surface area contributed by atoms with Gasteiger partial charge in [-0.1, -0.05) is 49.4 Å². The number of aromatic nitrogens is 1. The Kier molecular flexibility index (Phi) is 13.7. The lowest BCUT2D eigenvalue weighted by molar-refractivity contribution is -0.150. The number of rotatable bonds is 16. The van der Waals surface area contributed by atoms with Gasteiger partial charge in [0.25, 0.3) is 0 Å². The van der Waals surface area contributed by atoms with Crippen molar-refractivity contribution < 1.29 is 42.9 Å². The summed E-state index contributed by atoms with van der Waals surface area (Å²) >= 11 is 0. The molecule has 2 unspecified atom stereocenters. The van der Waals surface area contributed by atoms with Gasteiger partial charge in [-0.15, -0.1) is 6.58 Å². The number of pyridine rings is 1. The van der Waals surface area contributed by atoms with Crippen molar-refractivity contribution in [1.29, 1.82) is 0 Å². The number of alkyl carbamates (subject to hydrolysis) is 1. The molecule has 2 fully saturated rings. The average molecular weight is 813 g/mol. The molecule has 1 saturated carbocycles. The van der Waals surface area contributed by atoms with E-state index in [0.717, 1.165) is 5.56 Å². The molecule has 0 bridgehead atoms. The first-order chi connectivity index (χ1) is 27.9. The molecule has 0 spiro atoms. The summed E-state index contributed by atoms with van der Waals surface area (Å²) < 4.78 is 23.1. The number of ether oxygens (including phenoxy) is 4. The van der Waals surface area contributed by atoms with Crippen LogP contribution in [0.5, 0.6) is 11.5 Å². The maximum absolute atomic E-state index is 14.7. The molecule has 1 aromatic heterocycles. The maximum Gasteiger partial charge on any atom is 0.408 e. The number of carbonyl (C=O) groups excluding carboxylic acids is 5. The van der Waals surface area contributed by atoms with Gasteiger partial charge in [0.1, 0.15) is 40.8 Å². The van der Waals surface area contributed by atoms with Crippen LogP contribution in [-0.2, 0) is 28.7 Å². The zero-order valence-electron chi connectivity index (χ0n) is 35.1. The van der Waals surface area contributed by atoms with Crippen LogP contribution in [0, 0.1) is 5.41 Å². The van der Waals surface area contributed by atoms with Crippen molar-refractivity contribution in [3.05, 3.63) is 79.4 Å². The molecule has 15 nitrogen and oxygen atoms in total. The molecule has 4 amide bonds. The van der Waals surface area contributed by atoms with Crippen LogP contribution in [0.25, 0.3) is 22.2 Å². The van der Waals surface area contributed by atoms with Crippen LogP contribution in [0.1, 0.15) is 47.5 Å². The minimum absolute atomic E-state index is 0.0146. The number of carbonyl (C=O) groups is 5. The minimum Gasteiger partial charge on any atom is -0.497 e. The number of nitrogens with zero attached hydrogens (tertiary/aromatic N) is 3. The lowest BCUT2D eigenvalue weighted by Crippen LogP contribution is -2.59. The van der Waals surface area contributed by atoms with Gasteiger partial charge in [-0.2, -0.15) is 0 Å². The Morgan fingerprint density at radius 3 is 2.44 bits per heavy atom. The Labute approximate surface area is 345 Å². The van der Waals surface area contributed by atoms with Crippen LogP contribution in [0.2, 0.25) is 0 Å². The lowest BCUT2D eigenvalue weighted by atomic mass is 10.0. The van der Waals surface area contributed by atoms with Gasteiger partial charge in [-0.25, -0.2) is 14.6 Å². The molecule has 2 aliphatic rings. The number of likely N-dealkylation sites (tertiary alicyclic amines) is 1. The van der Waals surface area contributed by atoms with E-state index in [9.17, 15) is 24.0 Å². The molecule has 1 saturated heterocycles. The Balaban J connectivity index is 1.51. The first-order valence-corrected chi connectivity index (χ1v) is 19.6. The van der Waals surface area contributed by atoms with E-state index in [1.54, 1.807) is 66.0 Å². The molecule has 316 valence electrons. The number of likely N-dealkylation sites (N-methyl/N-ethyl adjacent to an activating group) is 1. The zero-order valence-corrected chi connectivity index (χ0v) is 35.1. The van der Waals surface area contributed by atoms with E-state index < -0.39 is 64.5 Å². The molecule has 2 heterocycles. The van der Waals surface area contributed by atoms with Crippen molar-refractivity contribution >= 4 is 40.7 Å². The molecule has 3 N–H and O–H groups in total. The highest BCUT2D eigenvalue weighted by atomic mass is 16.6. The molecule has 2 aromatic carbocycles. The first kappa shape index (κ1) is 44.1. The van der Waals surface area contributed by atoms with E-state index in [4.69, 9.17) is 23.9 Å². The van der Waals surface area contributed by atoms with Gasteiger partial charge < -0.3 is 44.7 Å². The van der Waals surface area contributed by atoms with Crippen LogP contribution in [0.15, 0.2) is 79.4 Å². The van der Waals surface area contributed by atoms with Crippen LogP contribution in [0.4, 0.5) is 4.79 Å². The molecular formula is C44H56N6O9. The second-order valence-electron chi connectivity index (χ2n) is 16.3. The van der Waals surface area contributed by atoms with Crippen LogP contribution in [-0.4, -0.2) is 121 Å². The molecule has 3 aromatic rings. The van der Waals surface area contributed by atoms with Gasteiger partial charge >= 0.3 is 12.1 Å². The highest BCUT2D eigenvalue weighted by Gasteiger charge is 2.70. The van der Waals surface area contributed by atoms with Crippen molar-refractivity contribution in [2.45, 2.75) is 76.8 Å². The highest BCUT2D eigenvalue weighted by molar-refractivity contribution is 5.98. The normalized spacial score (nSPS) is 21.7. The molecule has 1 aliphatic heterocycles. The van der Waals surface area contributed by atoms with Crippen LogP contribution >= 0.6 is 0 Å². The summed E-state index contributed by atoms with van der Waals surface area (Å²) in [5.41, 5.74) is -1.02. The van der Waals surface area contributed by atoms with Gasteiger partial charge in [0.15, 0.2) is 0 Å². The van der Waals surface area contributed by atoms with Crippen LogP contribution in [0.3, 0.4) is 0 Å². The maximum atomic E-state index is 14.7. The second-order valence-corrected chi connectivity index (χ2v) is 16.3. The average Bonchev–Trinajstić information content (AvgIpc) is 3.56. The summed E-state index contributed by atoms with van der Waals surface area (Å²) in [6.07, 6.45) is 3.23. The number of benzene rings is 2. The number of amides is 4. The van der Waals surface area contributed by atoms with Crippen molar-refractivity contribution in [2.75, 3.05) is 47.4 Å². The van der Waals surface area contributed by atoms with Gasteiger partial charge in [-0.05, 0) is 60.3 Å². The summed E-state index contributed by atoms with van der Waals surface area (Å²) in [4.78, 5) is 76.6. The summed E-state index contributed by atoms with van der Waals surface area (Å²) in [6.45, 7) is 12.6. The molecule has 15 heteroatoms. The van der Waals surface area contributed by atoms with Crippen molar-refractivity contribution in [2.24, 2.45) is 5.41 Å². The molecule has 5 rings (SSSR count). The Hall–Kier alpha value is -5.96. The Morgan fingerprint density at radius 2 is 1.81 bits per heavy atom. The van der Waals surface area contributed by atoms with Crippen molar-refractivity contribution in [1.82, 2.24) is 30.7 Å². The standard InChI is InChI=1S/C44H56N6O9/c1-10-43(6)27-44(43,40(54)57-11-2)48-38(52)35-23-30(58-36-24-32(28-16-13-12-14-17-28)46-33-22-29(56-9)19-20-31(33)36)26-50(35)39(53)34(47-41(55)59-42(3,4)5)25-45-37(51)18-15-21-49(7)8/h10,12-20,22,24,30,34-35H,1,11,21,23,25-27H2,2-9H3,(H,45,51)(H,47,55)(H,48,52)/b18-15+/t30-,34?,35+,43?,44+/m1/s1. The van der Waals surface area contributed by atoms with Crippen LogP contribution < -0.4 is 25.4 Å². The summed E-state index contributed by atoms with van der Waals surface area (Å²) in [5, 5.41) is 8.88. The van der Waals surface area contributed by atoms with E-state index in [2.05, 4.69) is 22.5 Å². The van der Waals surface area contributed by atoms with Gasteiger partial charge in [-0.3, -0.25) is 14.4 Å². The third kappa shape index (κ3) is 10.6. The van der Waals surface area contributed by atoms with E-state index in [1.807, 2.05) is 61.5 Å². The van der Waals surface area contributed by atoms with Crippen molar-refractivity contribution in [3.63, 3.8) is 0 Å². The predicted molar refractivity (Wildman–Crippen MR) is 223 cm³/mol. The monoisotopic (exact) mass is 812 g/mol. The van der Waals surface area contributed by atoms with Gasteiger partial charge in [0.05, 0.1) is 31.5 Å². The number of hydrogen-bond acceptors (Lipinski definition) is 11. The number of fused-ring (bicyclic) bond motifs is 1. The highest BCUT2D eigenvalue weighted by Crippen LogP contribution is 2.57. The van der Waals surface area contributed by atoms with E-state index in [0.29, 0.717) is 34.6 Å². The quantitative estimate of drug-likeness (QED) is 0.106. The third-order valence-corrected chi connectivity index (χ3v) is 10.3. The molecule has 5 atom stereocenters. The van der Waals surface area contributed by atoms with E-state index in [1.165, 1.54) is 11.0 Å². The number of esters is 1. The summed E-state index contributed by atoms with van der Waals surface area (Å²) in [6, 6.07) is 14.3. The van der Waals surface area contributed by atoms with E-state index >= 15 is 0 Å². The molecular weight excluding hydrogens is 757 g/mol. The minimum atomic E-state index is -1.40. The fraction of sp³-hybridized carbons (Fsp3) is 0.455. The van der Waals surface area contributed by atoms with Gasteiger partial charge in [0, 0.05) is 54.1 Å². The number of methoxy groups -OCH3 is 1. The number of hydrogen-bond donors (Lipinski definition) is 3. The fourth-order valence-electron chi connectivity index (χ4n) is 7.04. The largest absolute Gasteiger partial charge is 0.497 e. The predicted octanol–water partition coefficient (Wildman–Crippen LogP) is 4.40. The Bertz CT molecular complexity index is 2080. The second kappa shape index (κ2) is 18.3. The number of nitrogens with one attached hydrogen (secondary N) is 3. The fourth-order valence-corrected chi connectivity index (χ4v) is 7.04. The Morgan fingerprint density at radius 1 is 1.08 bits per heavy atom. The molecule has 59 heavy (non-hydrogen) atoms. The SMILES string of the molecule is C=CC1(C)C[C@]1(NC(=O)[C@@H]1C[C@@H](Oc2cc(-c3ccccc3)nc3cc(OC)ccc23)CN1C(=O)C(CNC(=O)/C=C/CN(C)C)NC(=O)OC(C)(C)C)C(=O)OCC. The summed E-state index contributed by atoms with van der Waals surface area (Å²) in [5.74, 6) is -1.34. The van der Waals surface area contributed by atoms with E-state index in [-0.39, 0.29) is 32.5 Å².